The summed E-state index contributed by atoms with van der Waals surface area (Å²) in [5.41, 5.74) is 1.82. The van der Waals surface area contributed by atoms with Gasteiger partial charge in [-0.25, -0.2) is 9.59 Å². The number of carbonyl (C=O) groups is 4. The number of para-hydroxylation sites is 1. The van der Waals surface area contributed by atoms with Crippen LogP contribution in [0.25, 0.3) is 0 Å². The summed E-state index contributed by atoms with van der Waals surface area (Å²) in [6.45, 7) is 0.581. The highest BCUT2D eigenvalue weighted by Crippen LogP contribution is 2.25. The Morgan fingerprint density at radius 1 is 0.953 bits per heavy atom. The fourth-order valence-electron chi connectivity index (χ4n) is 5.02. The fourth-order valence-corrected chi connectivity index (χ4v) is 5.55. The molecule has 0 aliphatic heterocycles. The average Bonchev–Trinajstić information content (AvgIpc) is 3.00. The summed E-state index contributed by atoms with van der Waals surface area (Å²) >= 11 is 12.1. The molecule has 12 heteroatoms. The van der Waals surface area contributed by atoms with Crippen molar-refractivity contribution >= 4 is 58.4 Å². The predicted molar refractivity (Wildman–Crippen MR) is 166 cm³/mol. The molecule has 1 atom stereocenters. The molecule has 4 amide bonds. The van der Waals surface area contributed by atoms with Crippen molar-refractivity contribution in [3.05, 3.63) is 87.7 Å². The van der Waals surface area contributed by atoms with Crippen LogP contribution in [-0.2, 0) is 11.2 Å². The summed E-state index contributed by atoms with van der Waals surface area (Å²) in [7, 11) is 1.49. The molecule has 43 heavy (non-hydrogen) atoms. The first-order chi connectivity index (χ1) is 20.6. The lowest BCUT2D eigenvalue weighted by atomic mass is 9.89. The molecule has 4 N–H and O–H groups in total. The molecule has 1 aliphatic rings. The number of hydrogen-bond donors (Lipinski definition) is 4. The maximum atomic E-state index is 13.1. The Bertz CT molecular complexity index is 1460. The highest BCUT2D eigenvalue weighted by atomic mass is 35.5. The number of urea groups is 1. The number of anilines is 2. The number of aliphatic carboxylic acids is 1. The highest BCUT2D eigenvalue weighted by Gasteiger charge is 2.25. The van der Waals surface area contributed by atoms with Crippen LogP contribution in [0, 0.1) is 5.92 Å². The molecule has 1 fully saturated rings. The third-order valence-corrected chi connectivity index (χ3v) is 7.99. The maximum Gasteiger partial charge on any atom is 0.326 e. The zero-order valence-electron chi connectivity index (χ0n) is 23.6. The average molecular weight is 627 g/mol. The minimum atomic E-state index is -1.25. The topological polar surface area (TPSA) is 141 Å². The molecule has 0 saturated heterocycles. The van der Waals surface area contributed by atoms with E-state index in [0.717, 1.165) is 12.8 Å². The van der Waals surface area contributed by atoms with E-state index >= 15 is 0 Å². The van der Waals surface area contributed by atoms with Crippen LogP contribution in [0.1, 0.15) is 58.4 Å². The molecule has 1 heterocycles. The maximum absolute atomic E-state index is 13.1. The number of carboxylic acids is 1. The first-order valence-electron chi connectivity index (χ1n) is 14.0. The van der Waals surface area contributed by atoms with Crippen LogP contribution in [0.3, 0.4) is 0 Å². The van der Waals surface area contributed by atoms with E-state index in [4.69, 9.17) is 23.2 Å². The number of nitrogens with one attached hydrogen (secondary N) is 3. The van der Waals surface area contributed by atoms with E-state index in [2.05, 4.69) is 20.9 Å². The summed E-state index contributed by atoms with van der Waals surface area (Å²) in [5.74, 6) is -1.58. The van der Waals surface area contributed by atoms with Crippen molar-refractivity contribution in [2.45, 2.75) is 44.6 Å². The van der Waals surface area contributed by atoms with E-state index in [1.165, 1.54) is 43.6 Å². The molecule has 0 bridgehead atoms. The minimum Gasteiger partial charge on any atom is -0.480 e. The molecule has 1 saturated carbocycles. The van der Waals surface area contributed by atoms with Gasteiger partial charge in [-0.2, -0.15) is 0 Å². The molecular weight excluding hydrogens is 593 g/mol. The van der Waals surface area contributed by atoms with Crippen LogP contribution in [0.15, 0.2) is 60.9 Å². The number of nitrogens with zero attached hydrogens (tertiary/aromatic N) is 2. The third-order valence-electron chi connectivity index (χ3n) is 7.42. The van der Waals surface area contributed by atoms with Gasteiger partial charge in [0.1, 0.15) is 6.04 Å². The van der Waals surface area contributed by atoms with Gasteiger partial charge in [0.25, 0.3) is 11.8 Å². The quantitative estimate of drug-likeness (QED) is 0.225. The Morgan fingerprint density at radius 3 is 2.26 bits per heavy atom. The van der Waals surface area contributed by atoms with Crippen LogP contribution in [0.2, 0.25) is 10.0 Å². The second-order valence-corrected chi connectivity index (χ2v) is 11.3. The standard InChI is InChI=1S/C31H33Cl2N5O5/c1-38(26-10-6-5-9-22(26)28(39)35-16-20-7-3-2-4-8-20)31(43)37-25(30(41)42)15-19-11-13-21(14-12-19)36-29(40)27-23(32)17-34-18-24(27)33/h5-6,9-14,17-18,20,25H,2-4,7-8,15-16H2,1H3,(H,35,39)(H,36,40)(H,37,43)(H,41,42)/t25-/m0/s1. The summed E-state index contributed by atoms with van der Waals surface area (Å²) < 4.78 is 0. The van der Waals surface area contributed by atoms with Gasteiger partial charge in [0.15, 0.2) is 0 Å². The number of carboxylic acid groups (broad SMARTS) is 1. The van der Waals surface area contributed by atoms with Crippen molar-refractivity contribution in [1.82, 2.24) is 15.6 Å². The number of halogens is 2. The molecule has 1 aliphatic carbocycles. The van der Waals surface area contributed by atoms with Gasteiger partial charge < -0.3 is 21.1 Å². The van der Waals surface area contributed by atoms with Crippen LogP contribution >= 0.6 is 23.2 Å². The lowest BCUT2D eigenvalue weighted by Gasteiger charge is -2.24. The number of rotatable bonds is 10. The first-order valence-corrected chi connectivity index (χ1v) is 14.7. The number of amides is 4. The minimum absolute atomic E-state index is 0.0192. The molecule has 0 unspecified atom stereocenters. The molecular formula is C31H33Cl2N5O5. The van der Waals surface area contributed by atoms with Crippen LogP contribution < -0.4 is 20.9 Å². The van der Waals surface area contributed by atoms with Crippen LogP contribution in [0.5, 0.6) is 0 Å². The SMILES string of the molecule is CN(C(=O)N[C@@H](Cc1ccc(NC(=O)c2c(Cl)cncc2Cl)cc1)C(=O)O)c1ccccc1C(=O)NCC1CCCCC1. The summed E-state index contributed by atoms with van der Waals surface area (Å²) in [6, 6.07) is 11.3. The van der Waals surface area contributed by atoms with E-state index in [0.29, 0.717) is 35.0 Å². The monoisotopic (exact) mass is 625 g/mol. The van der Waals surface area contributed by atoms with Crippen LogP contribution in [-0.4, -0.2) is 53.5 Å². The van der Waals surface area contributed by atoms with E-state index in [1.807, 2.05) is 0 Å². The fraction of sp³-hybridized carbons (Fsp3) is 0.323. The third kappa shape index (κ3) is 8.46. The Kier molecular flexibility index (Phi) is 11.0. The molecule has 0 spiro atoms. The second kappa shape index (κ2) is 14.8. The molecule has 1 aromatic heterocycles. The van der Waals surface area contributed by atoms with E-state index in [1.54, 1.807) is 48.5 Å². The van der Waals surface area contributed by atoms with Gasteiger partial charge in [0, 0.05) is 38.1 Å². The first kappa shape index (κ1) is 31.8. The number of carbonyl (C=O) groups excluding carboxylic acids is 3. The lowest BCUT2D eigenvalue weighted by molar-refractivity contribution is -0.139. The van der Waals surface area contributed by atoms with Crippen molar-refractivity contribution in [2.24, 2.45) is 5.92 Å². The van der Waals surface area contributed by atoms with E-state index in [9.17, 15) is 24.3 Å². The van der Waals surface area contributed by atoms with Crippen molar-refractivity contribution in [1.29, 1.82) is 0 Å². The molecule has 226 valence electrons. The lowest BCUT2D eigenvalue weighted by Crippen LogP contribution is -2.48. The van der Waals surface area contributed by atoms with Gasteiger partial charge in [-0.3, -0.25) is 19.5 Å². The number of aromatic nitrogens is 1. The molecule has 4 rings (SSSR count). The molecule has 3 aromatic rings. The van der Waals surface area contributed by atoms with Crippen molar-refractivity contribution in [3.63, 3.8) is 0 Å². The van der Waals surface area contributed by atoms with Crippen molar-refractivity contribution in [2.75, 3.05) is 23.8 Å². The van der Waals surface area contributed by atoms with Crippen molar-refractivity contribution in [3.8, 4) is 0 Å². The van der Waals surface area contributed by atoms with Gasteiger partial charge in [-0.05, 0) is 48.6 Å². The van der Waals surface area contributed by atoms with Gasteiger partial charge in [-0.15, -0.1) is 0 Å². The summed E-state index contributed by atoms with van der Waals surface area (Å²) in [6.07, 6.45) is 8.36. The predicted octanol–water partition coefficient (Wildman–Crippen LogP) is 5.79. The zero-order valence-corrected chi connectivity index (χ0v) is 25.1. The second-order valence-electron chi connectivity index (χ2n) is 10.5. The van der Waals surface area contributed by atoms with Gasteiger partial charge in [-0.1, -0.05) is 66.7 Å². The number of pyridine rings is 1. The van der Waals surface area contributed by atoms with E-state index in [-0.39, 0.29) is 27.9 Å². The summed E-state index contributed by atoms with van der Waals surface area (Å²) in [5, 5.41) is 18.3. The van der Waals surface area contributed by atoms with Crippen LogP contribution in [0.4, 0.5) is 16.2 Å². The molecule has 2 aromatic carbocycles. The normalized spacial score (nSPS) is 13.9. The van der Waals surface area contributed by atoms with Gasteiger partial charge in [0.05, 0.1) is 26.9 Å². The summed E-state index contributed by atoms with van der Waals surface area (Å²) in [4.78, 5) is 55.9. The van der Waals surface area contributed by atoms with Gasteiger partial charge >= 0.3 is 12.0 Å². The Morgan fingerprint density at radius 2 is 1.60 bits per heavy atom. The van der Waals surface area contributed by atoms with E-state index < -0.39 is 23.9 Å². The van der Waals surface area contributed by atoms with Crippen molar-refractivity contribution < 1.29 is 24.3 Å². The Hall–Kier alpha value is -4.15. The highest BCUT2D eigenvalue weighted by molar-refractivity contribution is 6.40. The zero-order chi connectivity index (χ0) is 30.9. The number of hydrogen-bond acceptors (Lipinski definition) is 5. The smallest absolute Gasteiger partial charge is 0.326 e. The Balaban J connectivity index is 1.38. The largest absolute Gasteiger partial charge is 0.480 e. The molecule has 10 nitrogen and oxygen atoms in total. The Labute approximate surface area is 259 Å². The number of benzene rings is 2. The molecule has 0 radical (unpaired) electrons. The van der Waals surface area contributed by atoms with Gasteiger partial charge in [0.2, 0.25) is 0 Å².